The van der Waals surface area contributed by atoms with Gasteiger partial charge in [0, 0.05) is 28.3 Å². The van der Waals surface area contributed by atoms with Gasteiger partial charge in [-0.05, 0) is 47.7 Å². The van der Waals surface area contributed by atoms with Gasteiger partial charge in [0.05, 0.1) is 0 Å². The van der Waals surface area contributed by atoms with Crippen molar-refractivity contribution in [3.05, 3.63) is 70.3 Å². The predicted octanol–water partition coefficient (Wildman–Crippen LogP) is 3.90. The summed E-state index contributed by atoms with van der Waals surface area (Å²) in [4.78, 5) is 15.2. The van der Waals surface area contributed by atoms with Gasteiger partial charge in [-0.2, -0.15) is 0 Å². The lowest BCUT2D eigenvalue weighted by Gasteiger charge is -2.06. The highest BCUT2D eigenvalue weighted by molar-refractivity contribution is 9.10. The van der Waals surface area contributed by atoms with Crippen molar-refractivity contribution in [2.45, 2.75) is 6.42 Å². The van der Waals surface area contributed by atoms with E-state index in [2.05, 4.69) is 44.4 Å². The quantitative estimate of drug-likeness (QED) is 0.741. The van der Waals surface area contributed by atoms with Crippen LogP contribution in [0.25, 0.3) is 10.9 Å². The topological polar surface area (TPSA) is 44.9 Å². The summed E-state index contributed by atoms with van der Waals surface area (Å²) in [5, 5.41) is 4.15. The average Bonchev–Trinajstić information content (AvgIpc) is 2.94. The third-order valence-electron chi connectivity index (χ3n) is 3.41. The molecule has 21 heavy (non-hydrogen) atoms. The standard InChI is InChI=1S/C17H15BrN2O/c18-15-3-1-2-14(11-15)17(21)20-8-6-12-4-5-13-7-9-19-16(13)10-12/h1-5,7,9-11,19H,6,8H2,(H,20,21). The molecule has 0 bridgehead atoms. The minimum Gasteiger partial charge on any atom is -0.361 e. The van der Waals surface area contributed by atoms with E-state index in [-0.39, 0.29) is 5.91 Å². The van der Waals surface area contributed by atoms with Crippen LogP contribution in [0.4, 0.5) is 0 Å². The van der Waals surface area contributed by atoms with Crippen molar-refractivity contribution in [1.82, 2.24) is 10.3 Å². The van der Waals surface area contributed by atoms with Gasteiger partial charge in [0.25, 0.3) is 5.91 Å². The Morgan fingerprint density at radius 3 is 2.90 bits per heavy atom. The largest absolute Gasteiger partial charge is 0.361 e. The molecule has 0 atom stereocenters. The molecule has 0 saturated carbocycles. The van der Waals surface area contributed by atoms with E-state index in [1.54, 1.807) is 0 Å². The first-order chi connectivity index (χ1) is 10.2. The molecule has 2 N–H and O–H groups in total. The van der Waals surface area contributed by atoms with Gasteiger partial charge in [-0.3, -0.25) is 4.79 Å². The highest BCUT2D eigenvalue weighted by Gasteiger charge is 2.05. The number of aromatic amines is 1. The molecule has 0 radical (unpaired) electrons. The van der Waals surface area contributed by atoms with E-state index in [9.17, 15) is 4.79 Å². The Bertz CT molecular complexity index is 779. The van der Waals surface area contributed by atoms with E-state index < -0.39 is 0 Å². The van der Waals surface area contributed by atoms with E-state index in [1.165, 1.54) is 10.9 Å². The van der Waals surface area contributed by atoms with Crippen LogP contribution in [0.3, 0.4) is 0 Å². The fraction of sp³-hybridized carbons (Fsp3) is 0.118. The van der Waals surface area contributed by atoms with Crippen LogP contribution in [0.2, 0.25) is 0 Å². The third-order valence-corrected chi connectivity index (χ3v) is 3.90. The number of halogens is 1. The van der Waals surface area contributed by atoms with Gasteiger partial charge in [-0.15, -0.1) is 0 Å². The van der Waals surface area contributed by atoms with Crippen molar-refractivity contribution in [1.29, 1.82) is 0 Å². The highest BCUT2D eigenvalue weighted by atomic mass is 79.9. The number of nitrogens with one attached hydrogen (secondary N) is 2. The van der Waals surface area contributed by atoms with E-state index in [1.807, 2.05) is 36.5 Å². The lowest BCUT2D eigenvalue weighted by molar-refractivity contribution is 0.0954. The van der Waals surface area contributed by atoms with Crippen molar-refractivity contribution in [3.8, 4) is 0 Å². The summed E-state index contributed by atoms with van der Waals surface area (Å²) in [6, 6.07) is 15.8. The molecule has 4 heteroatoms. The summed E-state index contributed by atoms with van der Waals surface area (Å²) in [7, 11) is 0. The zero-order valence-electron chi connectivity index (χ0n) is 11.4. The van der Waals surface area contributed by atoms with Crippen LogP contribution < -0.4 is 5.32 Å². The molecule has 1 aromatic heterocycles. The van der Waals surface area contributed by atoms with Gasteiger partial charge in [0.15, 0.2) is 0 Å². The molecule has 0 spiro atoms. The Kier molecular flexibility index (Phi) is 4.06. The molecule has 1 heterocycles. The third kappa shape index (κ3) is 3.34. The number of amides is 1. The van der Waals surface area contributed by atoms with Crippen LogP contribution >= 0.6 is 15.9 Å². The highest BCUT2D eigenvalue weighted by Crippen LogP contribution is 2.14. The minimum atomic E-state index is -0.0442. The van der Waals surface area contributed by atoms with Gasteiger partial charge >= 0.3 is 0 Å². The number of aromatic nitrogens is 1. The van der Waals surface area contributed by atoms with Gasteiger partial charge in [-0.25, -0.2) is 0 Å². The first-order valence-corrected chi connectivity index (χ1v) is 7.61. The van der Waals surface area contributed by atoms with E-state index in [0.29, 0.717) is 12.1 Å². The van der Waals surface area contributed by atoms with Gasteiger partial charge in [0.2, 0.25) is 0 Å². The molecule has 0 aliphatic heterocycles. The van der Waals surface area contributed by atoms with Crippen molar-refractivity contribution >= 4 is 32.7 Å². The van der Waals surface area contributed by atoms with Crippen LogP contribution in [0, 0.1) is 0 Å². The van der Waals surface area contributed by atoms with E-state index >= 15 is 0 Å². The van der Waals surface area contributed by atoms with Crippen LogP contribution in [-0.4, -0.2) is 17.4 Å². The Morgan fingerprint density at radius 1 is 1.14 bits per heavy atom. The molecule has 0 aliphatic carbocycles. The molecule has 0 fully saturated rings. The number of rotatable bonds is 4. The second-order valence-electron chi connectivity index (χ2n) is 4.92. The molecule has 3 nitrogen and oxygen atoms in total. The van der Waals surface area contributed by atoms with Crippen molar-refractivity contribution in [3.63, 3.8) is 0 Å². The molecule has 106 valence electrons. The summed E-state index contributed by atoms with van der Waals surface area (Å²) < 4.78 is 0.910. The molecule has 0 saturated heterocycles. The van der Waals surface area contributed by atoms with Crippen molar-refractivity contribution < 1.29 is 4.79 Å². The maximum atomic E-state index is 12.0. The molecule has 0 aliphatic rings. The van der Waals surface area contributed by atoms with E-state index in [4.69, 9.17) is 0 Å². The molecule has 2 aromatic carbocycles. The monoisotopic (exact) mass is 342 g/mol. The smallest absolute Gasteiger partial charge is 0.251 e. The Hall–Kier alpha value is -2.07. The van der Waals surface area contributed by atoms with E-state index in [0.717, 1.165) is 16.4 Å². The second-order valence-corrected chi connectivity index (χ2v) is 5.83. The SMILES string of the molecule is O=C(NCCc1ccc2cc[nH]c2c1)c1cccc(Br)c1. The zero-order valence-corrected chi connectivity index (χ0v) is 13.0. The lowest BCUT2D eigenvalue weighted by atomic mass is 10.1. The fourth-order valence-electron chi connectivity index (χ4n) is 2.30. The van der Waals surface area contributed by atoms with Crippen LogP contribution in [0.5, 0.6) is 0 Å². The van der Waals surface area contributed by atoms with Crippen molar-refractivity contribution in [2.24, 2.45) is 0 Å². The molecule has 0 unspecified atom stereocenters. The summed E-state index contributed by atoms with van der Waals surface area (Å²) in [5.74, 6) is -0.0442. The number of benzene rings is 2. The molecular weight excluding hydrogens is 328 g/mol. The number of hydrogen-bond acceptors (Lipinski definition) is 1. The zero-order chi connectivity index (χ0) is 14.7. The Balaban J connectivity index is 1.59. The number of fused-ring (bicyclic) bond motifs is 1. The average molecular weight is 343 g/mol. The normalized spacial score (nSPS) is 10.7. The molecule has 3 rings (SSSR count). The fourth-order valence-corrected chi connectivity index (χ4v) is 2.70. The summed E-state index contributed by atoms with van der Waals surface area (Å²) >= 11 is 3.37. The maximum absolute atomic E-state index is 12.0. The number of hydrogen-bond donors (Lipinski definition) is 2. The summed E-state index contributed by atoms with van der Waals surface area (Å²) in [5.41, 5.74) is 3.01. The summed E-state index contributed by atoms with van der Waals surface area (Å²) in [6.07, 6.45) is 2.75. The Morgan fingerprint density at radius 2 is 2.05 bits per heavy atom. The first-order valence-electron chi connectivity index (χ1n) is 6.82. The second kappa shape index (κ2) is 6.14. The molecule has 3 aromatic rings. The molecular formula is C17H15BrN2O. The van der Waals surface area contributed by atoms with Crippen LogP contribution in [0.15, 0.2) is 59.2 Å². The van der Waals surface area contributed by atoms with Gasteiger partial charge in [-0.1, -0.05) is 34.1 Å². The Labute approximate surface area is 131 Å². The number of H-pyrrole nitrogens is 1. The van der Waals surface area contributed by atoms with Crippen LogP contribution in [-0.2, 0) is 6.42 Å². The van der Waals surface area contributed by atoms with Crippen molar-refractivity contribution in [2.75, 3.05) is 6.54 Å². The maximum Gasteiger partial charge on any atom is 0.251 e. The first kappa shape index (κ1) is 13.9. The molecule has 1 amide bonds. The number of carbonyl (C=O) groups excluding carboxylic acids is 1. The minimum absolute atomic E-state index is 0.0442. The summed E-state index contributed by atoms with van der Waals surface area (Å²) in [6.45, 7) is 0.623. The number of carbonyl (C=O) groups is 1. The predicted molar refractivity (Wildman–Crippen MR) is 88.5 cm³/mol. The van der Waals surface area contributed by atoms with Gasteiger partial charge in [0.1, 0.15) is 0 Å². The lowest BCUT2D eigenvalue weighted by Crippen LogP contribution is -2.25. The van der Waals surface area contributed by atoms with Gasteiger partial charge < -0.3 is 10.3 Å². The van der Waals surface area contributed by atoms with Crippen LogP contribution in [0.1, 0.15) is 15.9 Å².